The van der Waals surface area contributed by atoms with Crippen molar-refractivity contribution in [3.8, 4) is 0 Å². The van der Waals surface area contributed by atoms with Crippen LogP contribution in [0, 0.1) is 6.92 Å². The van der Waals surface area contributed by atoms with E-state index in [-0.39, 0.29) is 0 Å². The zero-order chi connectivity index (χ0) is 16.7. The molecule has 0 spiro atoms. The van der Waals surface area contributed by atoms with Crippen molar-refractivity contribution in [1.29, 1.82) is 0 Å². The van der Waals surface area contributed by atoms with Gasteiger partial charge in [-0.05, 0) is 36.8 Å². The van der Waals surface area contributed by atoms with Crippen LogP contribution in [-0.2, 0) is 0 Å². The molecule has 2 aliphatic heterocycles. The summed E-state index contributed by atoms with van der Waals surface area (Å²) < 4.78 is 0. The summed E-state index contributed by atoms with van der Waals surface area (Å²) in [5, 5.41) is 5.33. The molecule has 0 atom stereocenters. The van der Waals surface area contributed by atoms with E-state index < -0.39 is 0 Å². The average Bonchev–Trinajstić information content (AvgIpc) is 2.57. The summed E-state index contributed by atoms with van der Waals surface area (Å²) in [5.41, 5.74) is 12.0. The number of hydrogen-bond donors (Lipinski definition) is 2. The van der Waals surface area contributed by atoms with Gasteiger partial charge in [0.05, 0.1) is 17.1 Å². The molecule has 0 bridgehead atoms. The number of nitrogens with one attached hydrogen (secondary N) is 2. The van der Waals surface area contributed by atoms with E-state index in [1.807, 2.05) is 29.3 Å². The third-order valence-electron chi connectivity index (χ3n) is 4.33. The summed E-state index contributed by atoms with van der Waals surface area (Å²) in [5.74, 6) is 0. The minimum absolute atomic E-state index is 0.860. The molecule has 0 amide bonds. The molecule has 118 valence electrons. The van der Waals surface area contributed by atoms with E-state index in [4.69, 9.17) is 0 Å². The Bertz CT molecular complexity index is 918. The van der Waals surface area contributed by atoms with Gasteiger partial charge >= 0.3 is 0 Å². The van der Waals surface area contributed by atoms with Crippen molar-refractivity contribution >= 4 is 23.1 Å². The van der Waals surface area contributed by atoms with Crippen LogP contribution in [-0.4, -0.2) is 0 Å². The van der Waals surface area contributed by atoms with Gasteiger partial charge in [0.25, 0.3) is 0 Å². The summed E-state index contributed by atoms with van der Waals surface area (Å²) in [6, 6.07) is 14.5. The number of para-hydroxylation sites is 1. The first-order valence-corrected chi connectivity index (χ1v) is 7.94. The smallest absolute Gasteiger partial charge is 0.0705 e. The van der Waals surface area contributed by atoms with Crippen LogP contribution in [0.1, 0.15) is 16.7 Å². The number of nitrogens with zero attached hydrogens (tertiary/aromatic N) is 1. The van der Waals surface area contributed by atoms with Gasteiger partial charge in [-0.1, -0.05) is 49.6 Å². The monoisotopic (exact) mass is 313 g/mol. The Labute approximate surface area is 142 Å². The fraction of sp³-hybridized carbons (Fsp3) is 0.0476. The van der Waals surface area contributed by atoms with Gasteiger partial charge in [-0.3, -0.25) is 10.4 Å². The van der Waals surface area contributed by atoms with Gasteiger partial charge in [-0.2, -0.15) is 0 Å². The number of allylic oxidation sites excluding steroid dienone is 2. The van der Waals surface area contributed by atoms with Crippen molar-refractivity contribution in [2.24, 2.45) is 0 Å². The van der Waals surface area contributed by atoms with Crippen LogP contribution in [0.15, 0.2) is 79.2 Å². The molecule has 0 aromatic heterocycles. The Morgan fingerprint density at radius 3 is 2.71 bits per heavy atom. The lowest BCUT2D eigenvalue weighted by molar-refractivity contribution is 0.863. The molecule has 4 rings (SSSR count). The van der Waals surface area contributed by atoms with Crippen LogP contribution < -0.4 is 15.8 Å². The molecule has 24 heavy (non-hydrogen) atoms. The zero-order valence-electron chi connectivity index (χ0n) is 13.6. The lowest BCUT2D eigenvalue weighted by atomic mass is 10.0. The molecule has 0 fully saturated rings. The molecular weight excluding hydrogens is 294 g/mol. The van der Waals surface area contributed by atoms with Gasteiger partial charge in [-0.15, -0.1) is 0 Å². The molecule has 2 heterocycles. The molecule has 3 heteroatoms. The first-order chi connectivity index (χ1) is 11.6. The van der Waals surface area contributed by atoms with Gasteiger partial charge in [0.1, 0.15) is 0 Å². The summed E-state index contributed by atoms with van der Waals surface area (Å²) in [4.78, 5) is 0. The predicted molar refractivity (Wildman–Crippen MR) is 102 cm³/mol. The van der Waals surface area contributed by atoms with E-state index in [1.165, 1.54) is 11.1 Å². The quantitative estimate of drug-likeness (QED) is 0.832. The maximum absolute atomic E-state index is 4.18. The van der Waals surface area contributed by atoms with E-state index in [1.54, 1.807) is 0 Å². The van der Waals surface area contributed by atoms with E-state index >= 15 is 0 Å². The van der Waals surface area contributed by atoms with E-state index in [0.29, 0.717) is 0 Å². The molecule has 2 N–H and O–H groups in total. The SMILES string of the molecule is C=C1C=C(NN2C(=C)C=Cc3c(C)cccc32)c2ccccc2N1. The van der Waals surface area contributed by atoms with Crippen molar-refractivity contribution in [3.63, 3.8) is 0 Å². The van der Waals surface area contributed by atoms with Crippen LogP contribution in [0.3, 0.4) is 0 Å². The van der Waals surface area contributed by atoms with Gasteiger partial charge in [0.15, 0.2) is 0 Å². The second-order valence-electron chi connectivity index (χ2n) is 6.03. The molecule has 0 saturated heterocycles. The highest BCUT2D eigenvalue weighted by molar-refractivity contribution is 5.85. The maximum Gasteiger partial charge on any atom is 0.0705 e. The van der Waals surface area contributed by atoms with Crippen molar-refractivity contribution in [1.82, 2.24) is 5.43 Å². The summed E-state index contributed by atoms with van der Waals surface area (Å²) >= 11 is 0. The van der Waals surface area contributed by atoms with E-state index in [2.05, 4.69) is 67.2 Å². The topological polar surface area (TPSA) is 27.3 Å². The molecule has 2 aromatic carbocycles. The van der Waals surface area contributed by atoms with Crippen LogP contribution in [0.5, 0.6) is 0 Å². The lowest BCUT2D eigenvalue weighted by Crippen LogP contribution is -2.37. The number of fused-ring (bicyclic) bond motifs is 2. The van der Waals surface area contributed by atoms with E-state index in [0.717, 1.165) is 34.0 Å². The predicted octanol–water partition coefficient (Wildman–Crippen LogP) is 4.83. The first kappa shape index (κ1) is 14.4. The second-order valence-corrected chi connectivity index (χ2v) is 6.03. The van der Waals surface area contributed by atoms with Gasteiger partial charge < -0.3 is 5.32 Å². The van der Waals surface area contributed by atoms with Crippen LogP contribution in [0.4, 0.5) is 11.4 Å². The Morgan fingerprint density at radius 2 is 1.83 bits per heavy atom. The number of benzene rings is 2. The number of aryl methyl sites for hydroxylation is 1. The zero-order valence-corrected chi connectivity index (χ0v) is 13.6. The van der Waals surface area contributed by atoms with Crippen molar-refractivity contribution in [3.05, 3.63) is 95.9 Å². The number of rotatable bonds is 2. The van der Waals surface area contributed by atoms with Gasteiger partial charge in [-0.25, -0.2) is 0 Å². The Morgan fingerprint density at radius 1 is 1.00 bits per heavy atom. The molecule has 0 unspecified atom stereocenters. The number of anilines is 2. The van der Waals surface area contributed by atoms with Gasteiger partial charge in [0.2, 0.25) is 0 Å². The average molecular weight is 313 g/mol. The maximum atomic E-state index is 4.18. The molecule has 0 aliphatic carbocycles. The Kier molecular flexibility index (Phi) is 3.28. The molecule has 2 aliphatic rings. The fourth-order valence-electron chi connectivity index (χ4n) is 3.12. The van der Waals surface area contributed by atoms with E-state index in [9.17, 15) is 0 Å². The summed E-state index contributed by atoms with van der Waals surface area (Å²) in [6.07, 6.45) is 6.17. The second kappa shape index (κ2) is 5.46. The van der Waals surface area contributed by atoms with Crippen molar-refractivity contribution in [2.45, 2.75) is 6.92 Å². The molecule has 0 saturated carbocycles. The fourth-order valence-corrected chi connectivity index (χ4v) is 3.12. The van der Waals surface area contributed by atoms with Crippen LogP contribution in [0.25, 0.3) is 11.8 Å². The Balaban J connectivity index is 1.76. The third-order valence-corrected chi connectivity index (χ3v) is 4.33. The molecular formula is C21H19N3. The highest BCUT2D eigenvalue weighted by atomic mass is 15.5. The first-order valence-electron chi connectivity index (χ1n) is 7.94. The summed E-state index contributed by atoms with van der Waals surface area (Å²) in [7, 11) is 0. The van der Waals surface area contributed by atoms with Crippen molar-refractivity contribution in [2.75, 3.05) is 10.3 Å². The number of hydrazine groups is 1. The Hall–Kier alpha value is -3.20. The molecule has 0 radical (unpaired) electrons. The standard InChI is InChI=1S/C21H19N3/c1-14-7-6-10-21-17(14)12-11-16(3)24(21)23-20-13-15(2)22-19-9-5-4-8-18(19)20/h4-13,22-23H,2-3H2,1H3. The molecule has 3 nitrogen and oxygen atoms in total. The molecule has 2 aromatic rings. The van der Waals surface area contributed by atoms with Gasteiger partial charge in [0, 0.05) is 22.5 Å². The van der Waals surface area contributed by atoms with Crippen molar-refractivity contribution < 1.29 is 0 Å². The minimum Gasteiger partial charge on any atom is -0.355 e. The highest BCUT2D eigenvalue weighted by Gasteiger charge is 2.21. The third kappa shape index (κ3) is 2.31. The normalized spacial score (nSPS) is 15.4. The number of hydrogen-bond acceptors (Lipinski definition) is 3. The van der Waals surface area contributed by atoms with Crippen LogP contribution >= 0.6 is 0 Å². The lowest BCUT2D eigenvalue weighted by Gasteiger charge is -2.34. The highest BCUT2D eigenvalue weighted by Crippen LogP contribution is 2.34. The summed E-state index contributed by atoms with van der Waals surface area (Å²) in [6.45, 7) is 10.3. The van der Waals surface area contributed by atoms with Crippen LogP contribution in [0.2, 0.25) is 0 Å². The largest absolute Gasteiger partial charge is 0.355 e. The minimum atomic E-state index is 0.860.